The van der Waals surface area contributed by atoms with Gasteiger partial charge in [0, 0.05) is 62.9 Å². The monoisotopic (exact) mass is 412 g/mol. The summed E-state index contributed by atoms with van der Waals surface area (Å²) in [6, 6.07) is 8.41. The Morgan fingerprint density at radius 2 is 1.80 bits per heavy atom. The maximum Gasteiger partial charge on any atom is 0.251 e. The van der Waals surface area contributed by atoms with Crippen LogP contribution in [-0.2, 0) is 17.7 Å². The van der Waals surface area contributed by atoms with Crippen LogP contribution in [0.4, 0.5) is 5.69 Å². The smallest absolute Gasteiger partial charge is 0.251 e. The van der Waals surface area contributed by atoms with Crippen LogP contribution in [0.2, 0.25) is 0 Å². The summed E-state index contributed by atoms with van der Waals surface area (Å²) in [5.41, 5.74) is 12.0. The molecule has 1 saturated heterocycles. The molecule has 1 aromatic carbocycles. The zero-order valence-corrected chi connectivity index (χ0v) is 18.9. The third-order valence-corrected chi connectivity index (χ3v) is 6.00. The fourth-order valence-electron chi connectivity index (χ4n) is 4.41. The molecule has 1 aromatic heterocycles. The standard InChI is InChI=1S/C24H36N4O2/c1-5-7-21-23(19-8-10-20(11-9-19)26(3)4)22(24(25)29)18(2)28(21)13-6-12-27-14-16-30-17-15-27/h8-11H,5-7,12-17H2,1-4H3,(H2,25,29). The SMILES string of the molecule is CCCc1c(-c2ccc(N(C)C)cc2)c(C(N)=O)c(C)n1CCCN1CCOCC1. The average molecular weight is 413 g/mol. The molecule has 0 atom stereocenters. The zero-order chi connectivity index (χ0) is 21.7. The number of nitrogens with two attached hydrogens (primary N) is 1. The molecule has 1 aliphatic rings. The van der Waals surface area contributed by atoms with Crippen molar-refractivity contribution in [3.63, 3.8) is 0 Å². The van der Waals surface area contributed by atoms with E-state index in [1.807, 2.05) is 21.0 Å². The fraction of sp³-hybridized carbons (Fsp3) is 0.542. The van der Waals surface area contributed by atoms with Gasteiger partial charge in [-0.05, 0) is 37.5 Å². The molecule has 6 nitrogen and oxygen atoms in total. The number of amides is 1. The molecular formula is C24H36N4O2. The molecule has 0 spiro atoms. The second-order valence-corrected chi connectivity index (χ2v) is 8.30. The van der Waals surface area contributed by atoms with E-state index in [1.165, 1.54) is 5.69 Å². The third kappa shape index (κ3) is 4.87. The molecule has 0 aliphatic carbocycles. The van der Waals surface area contributed by atoms with Crippen LogP contribution in [0.5, 0.6) is 0 Å². The van der Waals surface area contributed by atoms with Crippen molar-refractivity contribution in [1.82, 2.24) is 9.47 Å². The van der Waals surface area contributed by atoms with E-state index < -0.39 is 0 Å². The van der Waals surface area contributed by atoms with Gasteiger partial charge in [-0.15, -0.1) is 0 Å². The molecule has 0 bridgehead atoms. The first kappa shape index (κ1) is 22.4. The van der Waals surface area contributed by atoms with E-state index in [2.05, 4.69) is 45.6 Å². The molecule has 3 rings (SSSR count). The van der Waals surface area contributed by atoms with Crippen molar-refractivity contribution in [3.8, 4) is 11.1 Å². The summed E-state index contributed by atoms with van der Waals surface area (Å²) in [7, 11) is 4.06. The predicted octanol–water partition coefficient (Wildman–Crippen LogP) is 3.30. The molecule has 2 aromatic rings. The van der Waals surface area contributed by atoms with Gasteiger partial charge in [-0.1, -0.05) is 25.5 Å². The Bertz CT molecular complexity index is 849. The molecule has 1 aliphatic heterocycles. The van der Waals surface area contributed by atoms with Crippen molar-refractivity contribution >= 4 is 11.6 Å². The third-order valence-electron chi connectivity index (χ3n) is 6.00. The predicted molar refractivity (Wildman–Crippen MR) is 123 cm³/mol. The van der Waals surface area contributed by atoms with Crippen LogP contribution in [0.15, 0.2) is 24.3 Å². The number of benzene rings is 1. The Kier molecular flexibility index (Phi) is 7.56. The van der Waals surface area contributed by atoms with Gasteiger partial charge in [0.2, 0.25) is 0 Å². The lowest BCUT2D eigenvalue weighted by Gasteiger charge is -2.26. The molecule has 1 amide bonds. The highest BCUT2D eigenvalue weighted by atomic mass is 16.5. The highest BCUT2D eigenvalue weighted by Crippen LogP contribution is 2.34. The highest BCUT2D eigenvalue weighted by molar-refractivity contribution is 6.02. The number of hydrogen-bond donors (Lipinski definition) is 1. The molecule has 0 saturated carbocycles. The summed E-state index contributed by atoms with van der Waals surface area (Å²) >= 11 is 0. The van der Waals surface area contributed by atoms with Crippen molar-refractivity contribution < 1.29 is 9.53 Å². The lowest BCUT2D eigenvalue weighted by atomic mass is 9.97. The molecule has 164 valence electrons. The Balaban J connectivity index is 1.94. The zero-order valence-electron chi connectivity index (χ0n) is 18.9. The summed E-state index contributed by atoms with van der Waals surface area (Å²) in [5.74, 6) is -0.344. The van der Waals surface area contributed by atoms with Gasteiger partial charge < -0.3 is 19.9 Å². The molecule has 1 fully saturated rings. The Hall–Kier alpha value is -2.31. The van der Waals surface area contributed by atoms with E-state index in [9.17, 15) is 4.79 Å². The largest absolute Gasteiger partial charge is 0.379 e. The lowest BCUT2D eigenvalue weighted by molar-refractivity contribution is 0.0369. The minimum Gasteiger partial charge on any atom is -0.379 e. The van der Waals surface area contributed by atoms with Gasteiger partial charge >= 0.3 is 0 Å². The van der Waals surface area contributed by atoms with Gasteiger partial charge in [0.15, 0.2) is 0 Å². The highest BCUT2D eigenvalue weighted by Gasteiger charge is 2.24. The van der Waals surface area contributed by atoms with E-state index in [4.69, 9.17) is 10.5 Å². The van der Waals surface area contributed by atoms with Crippen molar-refractivity contribution in [2.45, 2.75) is 39.7 Å². The van der Waals surface area contributed by atoms with Gasteiger partial charge in [0.25, 0.3) is 5.91 Å². The number of carbonyl (C=O) groups excluding carboxylic acids is 1. The van der Waals surface area contributed by atoms with Gasteiger partial charge in [-0.25, -0.2) is 0 Å². The van der Waals surface area contributed by atoms with Crippen LogP contribution < -0.4 is 10.6 Å². The summed E-state index contributed by atoms with van der Waals surface area (Å²) in [6.45, 7) is 9.81. The van der Waals surface area contributed by atoms with Crippen LogP contribution in [0.3, 0.4) is 0 Å². The van der Waals surface area contributed by atoms with Gasteiger partial charge in [-0.3, -0.25) is 9.69 Å². The Labute approximate surface area is 180 Å². The number of morpholine rings is 1. The van der Waals surface area contributed by atoms with Crippen molar-refractivity contribution in [2.24, 2.45) is 5.73 Å². The minimum absolute atomic E-state index is 0.344. The maximum atomic E-state index is 12.5. The number of nitrogens with zero attached hydrogens (tertiary/aromatic N) is 3. The molecule has 2 heterocycles. The quantitative estimate of drug-likeness (QED) is 0.686. The molecule has 30 heavy (non-hydrogen) atoms. The van der Waals surface area contributed by atoms with E-state index in [0.717, 1.165) is 81.2 Å². The lowest BCUT2D eigenvalue weighted by Crippen LogP contribution is -2.37. The van der Waals surface area contributed by atoms with Crippen LogP contribution >= 0.6 is 0 Å². The number of anilines is 1. The van der Waals surface area contributed by atoms with E-state index >= 15 is 0 Å². The van der Waals surface area contributed by atoms with Crippen molar-refractivity contribution in [2.75, 3.05) is 51.8 Å². The van der Waals surface area contributed by atoms with Crippen LogP contribution in [0.1, 0.15) is 41.5 Å². The first-order chi connectivity index (χ1) is 14.4. The molecule has 6 heteroatoms. The number of rotatable bonds is 9. The summed E-state index contributed by atoms with van der Waals surface area (Å²) < 4.78 is 7.78. The van der Waals surface area contributed by atoms with Gasteiger partial charge in [0.1, 0.15) is 0 Å². The molecule has 0 unspecified atom stereocenters. The Morgan fingerprint density at radius 3 is 2.37 bits per heavy atom. The van der Waals surface area contributed by atoms with Crippen molar-refractivity contribution in [3.05, 3.63) is 41.2 Å². The number of carbonyl (C=O) groups is 1. The molecule has 2 N–H and O–H groups in total. The first-order valence-corrected chi connectivity index (χ1v) is 11.0. The fourth-order valence-corrected chi connectivity index (χ4v) is 4.41. The van der Waals surface area contributed by atoms with E-state index in [-0.39, 0.29) is 5.91 Å². The number of aromatic nitrogens is 1. The normalized spacial score (nSPS) is 14.8. The molecular weight excluding hydrogens is 376 g/mol. The van der Waals surface area contributed by atoms with Crippen LogP contribution in [-0.4, -0.2) is 62.3 Å². The maximum absolute atomic E-state index is 12.5. The van der Waals surface area contributed by atoms with Gasteiger partial charge in [-0.2, -0.15) is 0 Å². The summed E-state index contributed by atoms with van der Waals surface area (Å²) in [4.78, 5) is 17.0. The summed E-state index contributed by atoms with van der Waals surface area (Å²) in [6.07, 6.45) is 2.99. The number of hydrogen-bond acceptors (Lipinski definition) is 4. The minimum atomic E-state index is -0.344. The molecule has 0 radical (unpaired) electrons. The van der Waals surface area contributed by atoms with E-state index in [0.29, 0.717) is 5.56 Å². The topological polar surface area (TPSA) is 63.7 Å². The van der Waals surface area contributed by atoms with E-state index in [1.54, 1.807) is 0 Å². The number of ether oxygens (including phenoxy) is 1. The first-order valence-electron chi connectivity index (χ1n) is 11.0. The second-order valence-electron chi connectivity index (χ2n) is 8.30. The second kappa shape index (κ2) is 10.1. The average Bonchev–Trinajstić information content (AvgIpc) is 3.01. The van der Waals surface area contributed by atoms with Crippen molar-refractivity contribution in [1.29, 1.82) is 0 Å². The van der Waals surface area contributed by atoms with Crippen LogP contribution in [0, 0.1) is 6.92 Å². The number of primary amides is 1. The van der Waals surface area contributed by atoms with Gasteiger partial charge in [0.05, 0.1) is 18.8 Å². The summed E-state index contributed by atoms with van der Waals surface area (Å²) in [5, 5.41) is 0. The van der Waals surface area contributed by atoms with Crippen LogP contribution in [0.25, 0.3) is 11.1 Å². The Morgan fingerprint density at radius 1 is 1.13 bits per heavy atom.